The van der Waals surface area contributed by atoms with E-state index in [4.69, 9.17) is 9.15 Å². The van der Waals surface area contributed by atoms with Gasteiger partial charge in [0, 0.05) is 19.1 Å². The van der Waals surface area contributed by atoms with Crippen LogP contribution in [0.5, 0.6) is 0 Å². The van der Waals surface area contributed by atoms with Gasteiger partial charge in [-0.05, 0) is 36.8 Å². The van der Waals surface area contributed by atoms with Crippen LogP contribution in [0.25, 0.3) is 0 Å². The molecule has 1 aliphatic carbocycles. The van der Waals surface area contributed by atoms with Gasteiger partial charge < -0.3 is 19.2 Å². The van der Waals surface area contributed by atoms with Crippen LogP contribution in [0.15, 0.2) is 23.0 Å². The van der Waals surface area contributed by atoms with Gasteiger partial charge in [-0.25, -0.2) is 4.79 Å². The zero-order valence-electron chi connectivity index (χ0n) is 12.9. The van der Waals surface area contributed by atoms with Crippen molar-refractivity contribution >= 4 is 6.09 Å². The van der Waals surface area contributed by atoms with Gasteiger partial charge in [-0.15, -0.1) is 0 Å². The Bertz CT molecular complexity index is 467. The molecule has 0 aromatic carbocycles. The third-order valence-electron chi connectivity index (χ3n) is 5.07. The third kappa shape index (κ3) is 3.64. The van der Waals surface area contributed by atoms with E-state index in [0.29, 0.717) is 19.0 Å². The maximum atomic E-state index is 11.3. The summed E-state index contributed by atoms with van der Waals surface area (Å²) >= 11 is 0. The van der Waals surface area contributed by atoms with E-state index in [1.165, 1.54) is 37.0 Å². The number of hydrogen-bond acceptors (Lipinski definition) is 3. The van der Waals surface area contributed by atoms with E-state index >= 15 is 0 Å². The number of hydrogen-bond donors (Lipinski definition) is 1. The fraction of sp³-hybridized carbons (Fsp3) is 0.706. The van der Waals surface area contributed by atoms with Gasteiger partial charge in [-0.2, -0.15) is 0 Å². The number of carboxylic acid groups (broad SMARTS) is 1. The highest BCUT2D eigenvalue weighted by Gasteiger charge is 2.34. The van der Waals surface area contributed by atoms with Crippen molar-refractivity contribution in [2.45, 2.75) is 50.5 Å². The van der Waals surface area contributed by atoms with Gasteiger partial charge >= 0.3 is 6.09 Å². The molecule has 1 amide bonds. The van der Waals surface area contributed by atoms with Crippen molar-refractivity contribution in [2.24, 2.45) is 5.92 Å². The lowest BCUT2D eigenvalue weighted by Gasteiger charge is -2.37. The molecule has 122 valence electrons. The molecule has 1 aliphatic heterocycles. The second-order valence-corrected chi connectivity index (χ2v) is 6.56. The summed E-state index contributed by atoms with van der Waals surface area (Å²) in [7, 11) is 0. The molecule has 1 aromatic heterocycles. The van der Waals surface area contributed by atoms with Crippen LogP contribution in [0.3, 0.4) is 0 Å². The Morgan fingerprint density at radius 1 is 1.32 bits per heavy atom. The monoisotopic (exact) mass is 307 g/mol. The third-order valence-corrected chi connectivity index (χ3v) is 5.07. The van der Waals surface area contributed by atoms with Gasteiger partial charge in [0.05, 0.1) is 25.2 Å². The van der Waals surface area contributed by atoms with Crippen LogP contribution in [0.4, 0.5) is 4.79 Å². The van der Waals surface area contributed by atoms with Gasteiger partial charge in [-0.3, -0.25) is 0 Å². The first-order valence-corrected chi connectivity index (χ1v) is 8.35. The minimum atomic E-state index is -0.850. The van der Waals surface area contributed by atoms with Crippen LogP contribution < -0.4 is 0 Å². The molecule has 2 unspecified atom stereocenters. The Kier molecular flexibility index (Phi) is 5.03. The predicted octanol–water partition coefficient (Wildman–Crippen LogP) is 3.71. The maximum absolute atomic E-state index is 11.3. The van der Waals surface area contributed by atoms with Gasteiger partial charge in [0.2, 0.25) is 0 Å². The minimum Gasteiger partial charge on any atom is -0.472 e. The van der Waals surface area contributed by atoms with Crippen molar-refractivity contribution in [3.63, 3.8) is 0 Å². The summed E-state index contributed by atoms with van der Waals surface area (Å²) in [5, 5.41) is 9.24. The second kappa shape index (κ2) is 7.18. The molecule has 2 heterocycles. The highest BCUT2D eigenvalue weighted by Crippen LogP contribution is 2.32. The molecule has 2 atom stereocenters. The second-order valence-electron chi connectivity index (χ2n) is 6.56. The standard InChI is InChI=1S/C17H25NO4/c19-17(20)18-8-6-15(14-7-9-21-12-14)16(10-18)22-11-13-4-2-1-3-5-13/h7,9,12-13,15-16H,1-6,8,10-11H2,(H,19,20). The van der Waals surface area contributed by atoms with E-state index in [1.807, 2.05) is 6.07 Å². The largest absolute Gasteiger partial charge is 0.472 e. The molecule has 0 bridgehead atoms. The van der Waals surface area contributed by atoms with Crippen LogP contribution in [0.1, 0.15) is 50.0 Å². The van der Waals surface area contributed by atoms with E-state index in [1.54, 1.807) is 12.5 Å². The zero-order valence-corrected chi connectivity index (χ0v) is 12.9. The van der Waals surface area contributed by atoms with E-state index in [2.05, 4.69) is 0 Å². The van der Waals surface area contributed by atoms with Crippen molar-refractivity contribution in [2.75, 3.05) is 19.7 Å². The van der Waals surface area contributed by atoms with Crippen LogP contribution in [0.2, 0.25) is 0 Å². The molecule has 2 fully saturated rings. The van der Waals surface area contributed by atoms with Crippen LogP contribution in [-0.2, 0) is 4.74 Å². The van der Waals surface area contributed by atoms with Crippen molar-refractivity contribution in [3.8, 4) is 0 Å². The Labute approximate surface area is 131 Å². The van der Waals surface area contributed by atoms with E-state index in [0.717, 1.165) is 18.6 Å². The summed E-state index contributed by atoms with van der Waals surface area (Å²) in [5.41, 5.74) is 1.12. The summed E-state index contributed by atoms with van der Waals surface area (Å²) in [5.74, 6) is 0.872. The average Bonchev–Trinajstić information content (AvgIpc) is 3.08. The lowest BCUT2D eigenvalue weighted by Crippen LogP contribution is -2.46. The Morgan fingerprint density at radius 2 is 2.14 bits per heavy atom. The molecule has 0 spiro atoms. The summed E-state index contributed by atoms with van der Waals surface area (Å²) in [6.07, 6.45) is 9.73. The molecule has 1 aromatic rings. The van der Waals surface area contributed by atoms with E-state index in [-0.39, 0.29) is 12.0 Å². The first-order valence-electron chi connectivity index (χ1n) is 8.35. The number of ether oxygens (including phenoxy) is 1. The van der Waals surface area contributed by atoms with Gasteiger partial charge in [-0.1, -0.05) is 19.3 Å². The van der Waals surface area contributed by atoms with Crippen molar-refractivity contribution in [1.82, 2.24) is 4.90 Å². The molecule has 1 saturated carbocycles. The number of amides is 1. The Morgan fingerprint density at radius 3 is 2.82 bits per heavy atom. The first-order chi connectivity index (χ1) is 10.7. The topological polar surface area (TPSA) is 62.9 Å². The van der Waals surface area contributed by atoms with Gasteiger partial charge in [0.25, 0.3) is 0 Å². The van der Waals surface area contributed by atoms with Crippen molar-refractivity contribution in [3.05, 3.63) is 24.2 Å². The first kappa shape index (κ1) is 15.4. The molecular weight excluding hydrogens is 282 g/mol. The molecule has 3 rings (SSSR count). The summed E-state index contributed by atoms with van der Waals surface area (Å²) in [6, 6.07) is 1.97. The molecule has 1 saturated heterocycles. The number of likely N-dealkylation sites (tertiary alicyclic amines) is 1. The van der Waals surface area contributed by atoms with Gasteiger partial charge in [0.15, 0.2) is 0 Å². The lowest BCUT2D eigenvalue weighted by atomic mass is 9.87. The average molecular weight is 307 g/mol. The molecular formula is C17H25NO4. The van der Waals surface area contributed by atoms with E-state index < -0.39 is 6.09 Å². The molecule has 1 N–H and O–H groups in total. The van der Waals surface area contributed by atoms with E-state index in [9.17, 15) is 9.90 Å². The highest BCUT2D eigenvalue weighted by atomic mass is 16.5. The molecule has 0 radical (unpaired) electrons. The van der Waals surface area contributed by atoms with Crippen molar-refractivity contribution in [1.29, 1.82) is 0 Å². The smallest absolute Gasteiger partial charge is 0.407 e. The highest BCUT2D eigenvalue weighted by molar-refractivity contribution is 5.65. The number of carbonyl (C=O) groups is 1. The van der Waals surface area contributed by atoms with Crippen molar-refractivity contribution < 1.29 is 19.1 Å². The Balaban J connectivity index is 1.62. The summed E-state index contributed by atoms with van der Waals surface area (Å²) < 4.78 is 11.4. The molecule has 5 nitrogen and oxygen atoms in total. The molecule has 2 aliphatic rings. The zero-order chi connectivity index (χ0) is 15.4. The lowest BCUT2D eigenvalue weighted by molar-refractivity contribution is -0.0297. The number of piperidine rings is 1. The SMILES string of the molecule is O=C(O)N1CCC(c2ccoc2)C(OCC2CCCCC2)C1. The Hall–Kier alpha value is -1.49. The van der Waals surface area contributed by atoms with Crippen LogP contribution in [-0.4, -0.2) is 41.9 Å². The molecule has 5 heteroatoms. The fourth-order valence-electron chi connectivity index (χ4n) is 3.74. The van der Waals surface area contributed by atoms with Gasteiger partial charge in [0.1, 0.15) is 0 Å². The summed E-state index contributed by atoms with van der Waals surface area (Å²) in [4.78, 5) is 12.7. The number of rotatable bonds is 4. The maximum Gasteiger partial charge on any atom is 0.407 e. The quantitative estimate of drug-likeness (QED) is 0.921. The summed E-state index contributed by atoms with van der Waals surface area (Å²) in [6.45, 7) is 1.78. The fourth-order valence-corrected chi connectivity index (χ4v) is 3.74. The number of nitrogens with zero attached hydrogens (tertiary/aromatic N) is 1. The van der Waals surface area contributed by atoms with Crippen LogP contribution in [0, 0.1) is 5.92 Å². The predicted molar refractivity (Wildman–Crippen MR) is 82.0 cm³/mol. The molecule has 22 heavy (non-hydrogen) atoms. The normalized spacial score (nSPS) is 27.0. The minimum absolute atomic E-state index is 0.0654. The number of furan rings is 1. The van der Waals surface area contributed by atoms with Crippen LogP contribution >= 0.6 is 0 Å².